The summed E-state index contributed by atoms with van der Waals surface area (Å²) in [6.45, 7) is 7.17. The first-order valence-electron chi connectivity index (χ1n) is 11.5. The third kappa shape index (κ3) is 5.51. The van der Waals surface area contributed by atoms with Crippen LogP contribution >= 0.6 is 0 Å². The molecular formula is C25H33N5O3. The number of hydrogen-bond donors (Lipinski definition) is 4. The quantitative estimate of drug-likeness (QED) is 0.490. The fourth-order valence-corrected chi connectivity index (χ4v) is 3.87. The minimum Gasteiger partial charge on any atom is -0.394 e. The third-order valence-corrected chi connectivity index (χ3v) is 6.11. The molecule has 4 N–H and O–H groups in total. The number of amides is 2. The smallest absolute Gasteiger partial charge is 0.255 e. The number of aromatic nitrogens is 1. The van der Waals surface area contributed by atoms with Gasteiger partial charge >= 0.3 is 0 Å². The predicted octanol–water partition coefficient (Wildman–Crippen LogP) is 2.18. The van der Waals surface area contributed by atoms with Crippen LogP contribution < -0.4 is 16.0 Å². The Labute approximate surface area is 194 Å². The molecule has 33 heavy (non-hydrogen) atoms. The van der Waals surface area contributed by atoms with E-state index in [4.69, 9.17) is 0 Å². The number of likely N-dealkylation sites (N-methyl/N-ethyl adjacent to an activating group) is 1. The van der Waals surface area contributed by atoms with E-state index in [0.717, 1.165) is 42.6 Å². The lowest BCUT2D eigenvalue weighted by Gasteiger charge is -2.36. The van der Waals surface area contributed by atoms with Crippen molar-refractivity contribution in [2.75, 3.05) is 32.1 Å². The van der Waals surface area contributed by atoms with E-state index in [9.17, 15) is 14.7 Å². The van der Waals surface area contributed by atoms with Crippen molar-refractivity contribution in [3.05, 3.63) is 47.2 Å². The van der Waals surface area contributed by atoms with E-state index in [0.29, 0.717) is 16.9 Å². The Morgan fingerprint density at radius 2 is 1.82 bits per heavy atom. The molecular weight excluding hydrogens is 418 g/mol. The van der Waals surface area contributed by atoms with Gasteiger partial charge in [0.1, 0.15) is 5.82 Å². The first-order chi connectivity index (χ1) is 15.6. The molecule has 1 saturated heterocycles. The molecule has 2 fully saturated rings. The Hall–Kier alpha value is -2.97. The molecule has 2 heterocycles. The van der Waals surface area contributed by atoms with Gasteiger partial charge in [0.25, 0.3) is 11.8 Å². The number of aliphatic hydroxyl groups is 1. The largest absolute Gasteiger partial charge is 0.394 e. The van der Waals surface area contributed by atoms with Crippen LogP contribution in [-0.4, -0.2) is 71.2 Å². The highest BCUT2D eigenvalue weighted by atomic mass is 16.3. The second-order valence-corrected chi connectivity index (χ2v) is 9.96. The zero-order valence-corrected chi connectivity index (χ0v) is 19.7. The van der Waals surface area contributed by atoms with Crippen LogP contribution in [0.4, 0.5) is 5.82 Å². The molecule has 2 aliphatic rings. The summed E-state index contributed by atoms with van der Waals surface area (Å²) >= 11 is 0. The number of anilines is 1. The van der Waals surface area contributed by atoms with Crippen molar-refractivity contribution in [2.45, 2.75) is 51.2 Å². The summed E-state index contributed by atoms with van der Waals surface area (Å²) < 4.78 is 0. The maximum atomic E-state index is 13.2. The Morgan fingerprint density at radius 1 is 1.12 bits per heavy atom. The van der Waals surface area contributed by atoms with Crippen LogP contribution in [0, 0.1) is 6.92 Å². The molecule has 1 aromatic heterocycles. The Morgan fingerprint density at radius 3 is 2.45 bits per heavy atom. The van der Waals surface area contributed by atoms with E-state index in [-0.39, 0.29) is 30.5 Å². The van der Waals surface area contributed by atoms with Gasteiger partial charge in [-0.1, -0.05) is 6.07 Å². The first kappa shape index (κ1) is 23.2. The average molecular weight is 452 g/mol. The summed E-state index contributed by atoms with van der Waals surface area (Å²) in [6, 6.07) is 7.79. The zero-order chi connectivity index (χ0) is 23.8. The Kier molecular flexibility index (Phi) is 6.41. The normalized spacial score (nSPS) is 16.8. The summed E-state index contributed by atoms with van der Waals surface area (Å²) in [4.78, 5) is 32.4. The molecule has 4 rings (SSSR count). The molecule has 1 aromatic carbocycles. The van der Waals surface area contributed by atoms with Crippen molar-refractivity contribution < 1.29 is 14.7 Å². The monoisotopic (exact) mass is 451 g/mol. The van der Waals surface area contributed by atoms with Crippen molar-refractivity contribution in [1.82, 2.24) is 20.5 Å². The van der Waals surface area contributed by atoms with Gasteiger partial charge in [-0.3, -0.25) is 9.59 Å². The van der Waals surface area contributed by atoms with E-state index in [2.05, 4.69) is 25.8 Å². The number of pyridine rings is 1. The number of aliphatic hydroxyl groups excluding tert-OH is 1. The van der Waals surface area contributed by atoms with Crippen molar-refractivity contribution in [3.8, 4) is 11.1 Å². The highest BCUT2D eigenvalue weighted by molar-refractivity contribution is 6.01. The lowest BCUT2D eigenvalue weighted by atomic mass is 9.97. The fourth-order valence-electron chi connectivity index (χ4n) is 3.87. The van der Waals surface area contributed by atoms with Crippen molar-refractivity contribution >= 4 is 17.6 Å². The molecule has 176 valence electrons. The van der Waals surface area contributed by atoms with Crippen LogP contribution in [0.5, 0.6) is 0 Å². The van der Waals surface area contributed by atoms with Crippen LogP contribution in [0.15, 0.2) is 30.5 Å². The number of nitrogens with one attached hydrogen (secondary N) is 3. The van der Waals surface area contributed by atoms with Crippen LogP contribution in [0.2, 0.25) is 0 Å². The summed E-state index contributed by atoms with van der Waals surface area (Å²) in [5, 5.41) is 19.0. The Bertz CT molecular complexity index is 1060. The maximum Gasteiger partial charge on any atom is 0.255 e. The zero-order valence-electron chi connectivity index (χ0n) is 19.7. The topological polar surface area (TPSA) is 107 Å². The van der Waals surface area contributed by atoms with Gasteiger partial charge in [0.2, 0.25) is 0 Å². The van der Waals surface area contributed by atoms with E-state index in [1.807, 2.05) is 52.1 Å². The number of benzene rings is 1. The number of rotatable bonds is 8. The molecule has 1 saturated carbocycles. The molecule has 1 aliphatic carbocycles. The molecule has 0 spiro atoms. The first-order valence-corrected chi connectivity index (χ1v) is 11.5. The second kappa shape index (κ2) is 9.11. The van der Waals surface area contributed by atoms with Gasteiger partial charge in [-0.15, -0.1) is 0 Å². The van der Waals surface area contributed by atoms with E-state index >= 15 is 0 Å². The molecule has 0 radical (unpaired) electrons. The lowest BCUT2D eigenvalue weighted by Crippen LogP contribution is -2.57. The summed E-state index contributed by atoms with van der Waals surface area (Å²) in [6.07, 6.45) is 3.76. The Balaban J connectivity index is 1.67. The molecule has 0 bridgehead atoms. The number of carbonyl (C=O) groups excluding carboxylic acids is 2. The summed E-state index contributed by atoms with van der Waals surface area (Å²) in [5.41, 5.74) is 2.97. The lowest BCUT2D eigenvalue weighted by molar-refractivity contribution is 0.0857. The average Bonchev–Trinajstić information content (AvgIpc) is 3.57. The minimum absolute atomic E-state index is 0.0817. The fraction of sp³-hybridized carbons (Fsp3) is 0.480. The highest BCUT2D eigenvalue weighted by Crippen LogP contribution is 2.29. The number of aryl methyl sites for hydroxylation is 1. The van der Waals surface area contributed by atoms with Crippen LogP contribution in [-0.2, 0) is 0 Å². The van der Waals surface area contributed by atoms with Gasteiger partial charge in [0, 0.05) is 36.5 Å². The van der Waals surface area contributed by atoms with Crippen LogP contribution in [0.25, 0.3) is 11.1 Å². The van der Waals surface area contributed by atoms with Gasteiger partial charge in [-0.05, 0) is 70.0 Å². The minimum atomic E-state index is -0.642. The summed E-state index contributed by atoms with van der Waals surface area (Å²) in [7, 11) is 2.01. The van der Waals surface area contributed by atoms with Crippen LogP contribution in [0.3, 0.4) is 0 Å². The molecule has 8 heteroatoms. The third-order valence-electron chi connectivity index (χ3n) is 6.11. The van der Waals surface area contributed by atoms with E-state index in [1.165, 1.54) is 0 Å². The highest BCUT2D eigenvalue weighted by Gasteiger charge is 2.28. The second-order valence-electron chi connectivity index (χ2n) is 9.96. The predicted molar refractivity (Wildman–Crippen MR) is 128 cm³/mol. The van der Waals surface area contributed by atoms with Crippen LogP contribution in [0.1, 0.15) is 53.0 Å². The SMILES string of the molecule is Cc1ccc(C(=O)NC2CC2)cc1-c1cnc(NC(C)(C)CO)c(C(=O)NC2CN(C)C2)c1. The number of likely N-dealkylation sites (tertiary alicyclic amines) is 1. The standard InChI is InChI=1S/C25H33N5O3/c1-15-5-6-16(23(32)27-18-7-8-18)9-20(15)17-10-21(24(33)28-19-12-30(4)13-19)22(26-11-17)29-25(2,3)14-31/h5-6,9-11,18-19,31H,7-8,12-14H2,1-4H3,(H,26,29)(H,27,32)(H,28,33). The van der Waals surface area contributed by atoms with Gasteiger partial charge in [-0.2, -0.15) is 0 Å². The molecule has 2 amide bonds. The van der Waals surface area contributed by atoms with Gasteiger partial charge < -0.3 is 26.0 Å². The van der Waals surface area contributed by atoms with E-state index in [1.54, 1.807) is 6.20 Å². The van der Waals surface area contributed by atoms with Gasteiger partial charge in [0.05, 0.1) is 23.8 Å². The molecule has 0 unspecified atom stereocenters. The van der Waals surface area contributed by atoms with Gasteiger partial charge in [-0.25, -0.2) is 4.98 Å². The number of hydrogen-bond acceptors (Lipinski definition) is 6. The molecule has 0 atom stereocenters. The van der Waals surface area contributed by atoms with Crippen molar-refractivity contribution in [3.63, 3.8) is 0 Å². The van der Waals surface area contributed by atoms with Gasteiger partial charge in [0.15, 0.2) is 0 Å². The molecule has 2 aromatic rings. The number of carbonyl (C=O) groups is 2. The van der Waals surface area contributed by atoms with E-state index < -0.39 is 5.54 Å². The maximum absolute atomic E-state index is 13.2. The molecule has 1 aliphatic heterocycles. The number of nitrogens with zero attached hydrogens (tertiary/aromatic N) is 2. The molecule has 8 nitrogen and oxygen atoms in total. The van der Waals surface area contributed by atoms with Crippen molar-refractivity contribution in [1.29, 1.82) is 0 Å². The summed E-state index contributed by atoms with van der Waals surface area (Å²) in [5.74, 6) is 0.129. The van der Waals surface area contributed by atoms with Crippen molar-refractivity contribution in [2.24, 2.45) is 0 Å².